The number of halogens is 1. The van der Waals surface area contributed by atoms with Gasteiger partial charge < -0.3 is 10.0 Å². The zero-order valence-corrected chi connectivity index (χ0v) is 16.4. The Bertz CT molecular complexity index is 1250. The number of fused-ring (bicyclic) bond motifs is 2. The molecular formula is C21H20FN7O. The van der Waals surface area contributed by atoms with Gasteiger partial charge in [-0.3, -0.25) is 14.1 Å². The lowest BCUT2D eigenvalue weighted by molar-refractivity contribution is 0.269. The molecule has 5 rings (SSSR count). The third kappa shape index (κ3) is 3.13. The maximum Gasteiger partial charge on any atom is 0.197 e. The Morgan fingerprint density at radius 3 is 3.00 bits per heavy atom. The van der Waals surface area contributed by atoms with Crippen LogP contribution in [-0.4, -0.2) is 46.0 Å². The Morgan fingerprint density at radius 1 is 1.23 bits per heavy atom. The van der Waals surface area contributed by atoms with Gasteiger partial charge >= 0.3 is 0 Å². The molecule has 152 valence electrons. The molecule has 9 heteroatoms. The van der Waals surface area contributed by atoms with E-state index >= 15 is 0 Å². The fraction of sp³-hybridized carbons (Fsp3) is 0.238. The van der Waals surface area contributed by atoms with Crippen molar-refractivity contribution in [3.05, 3.63) is 72.1 Å². The summed E-state index contributed by atoms with van der Waals surface area (Å²) in [6.45, 7) is 3.08. The summed E-state index contributed by atoms with van der Waals surface area (Å²) >= 11 is 0. The molecule has 0 spiro atoms. The summed E-state index contributed by atoms with van der Waals surface area (Å²) in [7, 11) is 0. The largest absolute Gasteiger partial charge is 0.394 e. The van der Waals surface area contributed by atoms with E-state index in [-0.39, 0.29) is 18.3 Å². The number of hydrogen-bond acceptors (Lipinski definition) is 6. The molecule has 4 aromatic heterocycles. The molecule has 0 amide bonds. The van der Waals surface area contributed by atoms with Gasteiger partial charge in [-0.2, -0.15) is 5.10 Å². The average Bonchev–Trinajstić information content (AvgIpc) is 3.40. The van der Waals surface area contributed by atoms with Crippen molar-refractivity contribution in [3.8, 4) is 11.1 Å². The van der Waals surface area contributed by atoms with Crippen molar-refractivity contribution in [1.82, 2.24) is 34.3 Å². The summed E-state index contributed by atoms with van der Waals surface area (Å²) in [6.07, 6.45) is 11.0. The minimum Gasteiger partial charge on any atom is -0.394 e. The van der Waals surface area contributed by atoms with E-state index in [1.165, 1.54) is 6.07 Å². The number of nitrogens with zero attached hydrogens (tertiary/aromatic N) is 7. The van der Waals surface area contributed by atoms with Crippen LogP contribution in [0.25, 0.3) is 22.9 Å². The van der Waals surface area contributed by atoms with Crippen LogP contribution in [0, 0.1) is 5.82 Å². The first kappa shape index (κ1) is 18.4. The molecule has 0 unspecified atom stereocenters. The number of hydrogen-bond donors (Lipinski definition) is 1. The summed E-state index contributed by atoms with van der Waals surface area (Å²) in [6, 6.07) is 5.28. The molecule has 0 aliphatic carbocycles. The van der Waals surface area contributed by atoms with Gasteiger partial charge in [-0.15, -0.1) is 10.2 Å². The smallest absolute Gasteiger partial charge is 0.197 e. The van der Waals surface area contributed by atoms with E-state index in [1.54, 1.807) is 27.7 Å². The monoisotopic (exact) mass is 405 g/mol. The standard InChI is InChI=1S/C21H20FN7O/c1-14(27-6-4-19-15(11-27)3-2-5-23-19)20-25-26-21-18(22)9-16(13-29(20)21)17-10-24-28(12-17)7-8-30/h2-6,9-10,12-14,30H,7-8,11H2,1H3/t14-/m0/s1. The minimum absolute atomic E-state index is 0.0103. The van der Waals surface area contributed by atoms with Crippen LogP contribution in [0.15, 0.2) is 49.2 Å². The second-order valence-corrected chi connectivity index (χ2v) is 7.26. The second-order valence-electron chi connectivity index (χ2n) is 7.26. The fourth-order valence-electron chi connectivity index (χ4n) is 3.72. The van der Waals surface area contributed by atoms with E-state index in [1.807, 2.05) is 31.5 Å². The van der Waals surface area contributed by atoms with Crippen molar-refractivity contribution in [3.63, 3.8) is 0 Å². The number of aliphatic hydroxyl groups is 1. The lowest BCUT2D eigenvalue weighted by atomic mass is 10.1. The highest BCUT2D eigenvalue weighted by molar-refractivity contribution is 5.63. The van der Waals surface area contributed by atoms with E-state index in [0.29, 0.717) is 24.5 Å². The lowest BCUT2D eigenvalue weighted by Gasteiger charge is -2.29. The minimum atomic E-state index is -0.447. The van der Waals surface area contributed by atoms with Gasteiger partial charge in [0.1, 0.15) is 0 Å². The first-order chi connectivity index (χ1) is 14.6. The van der Waals surface area contributed by atoms with E-state index < -0.39 is 5.82 Å². The fourth-order valence-corrected chi connectivity index (χ4v) is 3.72. The Hall–Kier alpha value is -3.59. The molecule has 1 N–H and O–H groups in total. The molecule has 30 heavy (non-hydrogen) atoms. The first-order valence-corrected chi connectivity index (χ1v) is 9.70. The Balaban J connectivity index is 1.51. The van der Waals surface area contributed by atoms with Gasteiger partial charge in [-0.05, 0) is 30.7 Å². The number of pyridine rings is 2. The van der Waals surface area contributed by atoms with Gasteiger partial charge in [0.25, 0.3) is 0 Å². The SMILES string of the molecule is C[C@@H](c1nnc2c(F)cc(-c3cnn(CCO)c3)cn12)N1C=Cc2ncccc2C1. The molecule has 0 saturated heterocycles. The molecule has 0 fully saturated rings. The van der Waals surface area contributed by atoms with Gasteiger partial charge in [0.05, 0.1) is 31.1 Å². The third-order valence-electron chi connectivity index (χ3n) is 5.36. The number of aliphatic hydroxyl groups excluding tert-OH is 1. The second kappa shape index (κ2) is 7.34. The van der Waals surface area contributed by atoms with Crippen LogP contribution in [0.4, 0.5) is 4.39 Å². The normalized spacial score (nSPS) is 14.3. The predicted molar refractivity (Wildman–Crippen MR) is 108 cm³/mol. The molecule has 1 atom stereocenters. The van der Waals surface area contributed by atoms with E-state index in [9.17, 15) is 4.39 Å². The van der Waals surface area contributed by atoms with Gasteiger partial charge in [-0.25, -0.2) is 4.39 Å². The zero-order chi connectivity index (χ0) is 20.7. The summed E-state index contributed by atoms with van der Waals surface area (Å²) in [5.74, 6) is 0.197. The molecule has 1 aliphatic rings. The van der Waals surface area contributed by atoms with Crippen LogP contribution < -0.4 is 0 Å². The predicted octanol–water partition coefficient (Wildman–Crippen LogP) is 2.67. The highest BCUT2D eigenvalue weighted by Crippen LogP contribution is 2.29. The summed E-state index contributed by atoms with van der Waals surface area (Å²) in [4.78, 5) is 6.51. The molecule has 0 aromatic carbocycles. The van der Waals surface area contributed by atoms with Crippen LogP contribution in [0.5, 0.6) is 0 Å². The Labute approximate surface area is 171 Å². The van der Waals surface area contributed by atoms with Gasteiger partial charge in [0.15, 0.2) is 17.3 Å². The molecule has 5 heterocycles. The number of aromatic nitrogens is 6. The van der Waals surface area contributed by atoms with Crippen molar-refractivity contribution >= 4 is 11.7 Å². The zero-order valence-electron chi connectivity index (χ0n) is 16.4. The number of rotatable bonds is 5. The molecule has 1 aliphatic heterocycles. The van der Waals surface area contributed by atoms with Crippen molar-refractivity contribution < 1.29 is 9.50 Å². The van der Waals surface area contributed by atoms with Crippen LogP contribution in [0.2, 0.25) is 0 Å². The van der Waals surface area contributed by atoms with Crippen molar-refractivity contribution in [2.45, 2.75) is 26.1 Å². The van der Waals surface area contributed by atoms with E-state index in [4.69, 9.17) is 5.11 Å². The summed E-state index contributed by atoms with van der Waals surface area (Å²) in [5.41, 5.74) is 3.70. The van der Waals surface area contributed by atoms with Crippen LogP contribution >= 0.6 is 0 Å². The molecule has 0 radical (unpaired) electrons. The first-order valence-electron chi connectivity index (χ1n) is 9.70. The quantitative estimate of drug-likeness (QED) is 0.550. The molecular weight excluding hydrogens is 385 g/mol. The topological polar surface area (TPSA) is 84.4 Å². The van der Waals surface area contributed by atoms with Crippen LogP contribution in [0.3, 0.4) is 0 Å². The maximum absolute atomic E-state index is 14.8. The van der Waals surface area contributed by atoms with E-state index in [2.05, 4.69) is 31.2 Å². The Kier molecular flexibility index (Phi) is 4.51. The van der Waals surface area contributed by atoms with Gasteiger partial charge in [-0.1, -0.05) is 6.07 Å². The highest BCUT2D eigenvalue weighted by atomic mass is 19.1. The molecule has 4 aromatic rings. The molecule has 8 nitrogen and oxygen atoms in total. The highest BCUT2D eigenvalue weighted by Gasteiger charge is 2.23. The van der Waals surface area contributed by atoms with Crippen molar-refractivity contribution in [2.24, 2.45) is 0 Å². The van der Waals surface area contributed by atoms with Crippen LogP contribution in [-0.2, 0) is 13.1 Å². The average molecular weight is 405 g/mol. The van der Waals surface area contributed by atoms with Gasteiger partial charge in [0.2, 0.25) is 0 Å². The van der Waals surface area contributed by atoms with Gasteiger partial charge in [0, 0.05) is 42.5 Å². The lowest BCUT2D eigenvalue weighted by Crippen LogP contribution is -2.25. The molecule has 0 bridgehead atoms. The van der Waals surface area contributed by atoms with E-state index in [0.717, 1.165) is 16.8 Å². The molecule has 0 saturated carbocycles. The maximum atomic E-state index is 14.8. The van der Waals surface area contributed by atoms with Crippen molar-refractivity contribution in [1.29, 1.82) is 0 Å². The van der Waals surface area contributed by atoms with Crippen molar-refractivity contribution in [2.75, 3.05) is 6.61 Å². The Morgan fingerprint density at radius 2 is 2.13 bits per heavy atom. The summed E-state index contributed by atoms with van der Waals surface area (Å²) < 4.78 is 18.1. The summed E-state index contributed by atoms with van der Waals surface area (Å²) in [5, 5.41) is 21.6. The third-order valence-corrected chi connectivity index (χ3v) is 5.36. The van der Waals surface area contributed by atoms with Crippen LogP contribution in [0.1, 0.15) is 30.0 Å².